The van der Waals surface area contributed by atoms with E-state index in [2.05, 4.69) is 35.5 Å². The third-order valence-corrected chi connectivity index (χ3v) is 4.81. The molecule has 1 aromatic rings. The molecule has 0 aromatic heterocycles. The topological polar surface area (TPSA) is 35.6 Å². The van der Waals surface area contributed by atoms with Crippen LogP contribution in [0.5, 0.6) is 0 Å². The Bertz CT molecular complexity index is 521. The van der Waals surface area contributed by atoms with Crippen molar-refractivity contribution >= 4 is 11.6 Å². The minimum atomic E-state index is 0.205. The molecular formula is C17H25N3O. The van der Waals surface area contributed by atoms with Gasteiger partial charge in [0.05, 0.1) is 0 Å². The van der Waals surface area contributed by atoms with Gasteiger partial charge in [0, 0.05) is 51.9 Å². The zero-order chi connectivity index (χ0) is 14.8. The zero-order valence-corrected chi connectivity index (χ0v) is 13.1. The van der Waals surface area contributed by atoms with Crippen molar-refractivity contribution in [1.82, 2.24) is 10.2 Å². The number of nitrogens with one attached hydrogen (secondary N) is 1. The van der Waals surface area contributed by atoms with Gasteiger partial charge in [-0.25, -0.2) is 0 Å². The Hall–Kier alpha value is -1.55. The maximum Gasteiger partial charge on any atom is 0.219 e. The van der Waals surface area contributed by atoms with E-state index in [9.17, 15) is 4.79 Å². The molecule has 1 saturated heterocycles. The van der Waals surface area contributed by atoms with Crippen LogP contribution in [0.3, 0.4) is 0 Å². The van der Waals surface area contributed by atoms with E-state index >= 15 is 0 Å². The van der Waals surface area contributed by atoms with E-state index in [-0.39, 0.29) is 5.91 Å². The molecule has 0 atom stereocenters. The third kappa shape index (κ3) is 3.21. The van der Waals surface area contributed by atoms with Gasteiger partial charge in [0.2, 0.25) is 5.91 Å². The summed E-state index contributed by atoms with van der Waals surface area (Å²) in [6.45, 7) is 5.51. The highest BCUT2D eigenvalue weighted by atomic mass is 16.2. The first-order valence-electron chi connectivity index (χ1n) is 7.95. The lowest BCUT2D eigenvalue weighted by Crippen LogP contribution is -2.43. The van der Waals surface area contributed by atoms with Gasteiger partial charge in [-0.2, -0.15) is 0 Å². The monoisotopic (exact) mass is 287 g/mol. The number of piperidine rings is 1. The first kappa shape index (κ1) is 14.4. The highest BCUT2D eigenvalue weighted by molar-refractivity contribution is 5.73. The fraction of sp³-hybridized carbons (Fsp3) is 0.588. The Balaban J connectivity index is 1.51. The Morgan fingerprint density at radius 3 is 2.76 bits per heavy atom. The molecule has 1 fully saturated rings. The summed E-state index contributed by atoms with van der Waals surface area (Å²) >= 11 is 0. The first-order chi connectivity index (χ1) is 10.1. The fourth-order valence-corrected chi connectivity index (χ4v) is 3.39. The second-order valence-electron chi connectivity index (χ2n) is 6.30. The predicted molar refractivity (Wildman–Crippen MR) is 85.5 cm³/mol. The van der Waals surface area contributed by atoms with Gasteiger partial charge in [0.25, 0.3) is 0 Å². The molecule has 21 heavy (non-hydrogen) atoms. The van der Waals surface area contributed by atoms with Gasteiger partial charge in [-0.15, -0.1) is 0 Å². The number of nitrogens with zero attached hydrogens (tertiary/aromatic N) is 2. The van der Waals surface area contributed by atoms with Crippen LogP contribution in [0.15, 0.2) is 18.2 Å². The van der Waals surface area contributed by atoms with E-state index in [1.165, 1.54) is 16.8 Å². The Morgan fingerprint density at radius 1 is 1.29 bits per heavy atom. The number of amides is 1. The van der Waals surface area contributed by atoms with E-state index in [0.717, 1.165) is 45.4 Å². The van der Waals surface area contributed by atoms with Gasteiger partial charge in [-0.1, -0.05) is 12.1 Å². The summed E-state index contributed by atoms with van der Waals surface area (Å²) in [5.41, 5.74) is 4.23. The second-order valence-corrected chi connectivity index (χ2v) is 6.30. The summed E-state index contributed by atoms with van der Waals surface area (Å²) in [4.78, 5) is 15.6. The maximum atomic E-state index is 11.3. The minimum absolute atomic E-state index is 0.205. The number of likely N-dealkylation sites (tertiary alicyclic amines) is 1. The summed E-state index contributed by atoms with van der Waals surface area (Å²) in [5.74, 6) is 0.205. The van der Waals surface area contributed by atoms with E-state index in [1.54, 1.807) is 6.92 Å². The molecule has 3 rings (SSSR count). The van der Waals surface area contributed by atoms with Crippen molar-refractivity contribution in [3.63, 3.8) is 0 Å². The van der Waals surface area contributed by atoms with Crippen LogP contribution in [0.2, 0.25) is 0 Å². The summed E-state index contributed by atoms with van der Waals surface area (Å²) in [7, 11) is 2.16. The SMILES string of the molecule is CC(=O)N1CCC(NCc2ccc3c(c2)CCN3C)CC1. The quantitative estimate of drug-likeness (QED) is 0.920. The van der Waals surface area contributed by atoms with Gasteiger partial charge < -0.3 is 15.1 Å². The molecule has 0 radical (unpaired) electrons. The number of rotatable bonds is 3. The van der Waals surface area contributed by atoms with E-state index in [1.807, 2.05) is 4.90 Å². The Kier molecular flexibility index (Phi) is 4.15. The molecule has 1 amide bonds. The van der Waals surface area contributed by atoms with Gasteiger partial charge in [-0.3, -0.25) is 4.79 Å². The third-order valence-electron chi connectivity index (χ3n) is 4.81. The number of carbonyl (C=O) groups is 1. The molecule has 1 N–H and O–H groups in total. The molecule has 0 spiro atoms. The molecule has 0 saturated carbocycles. The average molecular weight is 287 g/mol. The largest absolute Gasteiger partial charge is 0.374 e. The van der Waals surface area contributed by atoms with E-state index in [4.69, 9.17) is 0 Å². The van der Waals surface area contributed by atoms with Crippen molar-refractivity contribution in [1.29, 1.82) is 0 Å². The molecule has 0 bridgehead atoms. The molecule has 1 aromatic carbocycles. The Labute approximate surface area is 127 Å². The van der Waals surface area contributed by atoms with Crippen LogP contribution in [0.4, 0.5) is 5.69 Å². The van der Waals surface area contributed by atoms with Crippen molar-refractivity contribution in [3.05, 3.63) is 29.3 Å². The van der Waals surface area contributed by atoms with Crippen molar-refractivity contribution < 1.29 is 4.79 Å². The van der Waals surface area contributed by atoms with Crippen molar-refractivity contribution in [2.24, 2.45) is 0 Å². The number of fused-ring (bicyclic) bond motifs is 1. The highest BCUT2D eigenvalue weighted by Crippen LogP contribution is 2.27. The fourth-order valence-electron chi connectivity index (χ4n) is 3.39. The molecule has 2 heterocycles. The molecule has 4 heteroatoms. The number of benzene rings is 1. The van der Waals surface area contributed by atoms with Crippen LogP contribution >= 0.6 is 0 Å². The van der Waals surface area contributed by atoms with Crippen molar-refractivity contribution in [3.8, 4) is 0 Å². The summed E-state index contributed by atoms with van der Waals surface area (Å²) in [5, 5.41) is 3.65. The van der Waals surface area contributed by atoms with Gasteiger partial charge in [0.15, 0.2) is 0 Å². The van der Waals surface area contributed by atoms with E-state index in [0.29, 0.717) is 6.04 Å². The number of hydrogen-bond acceptors (Lipinski definition) is 3. The molecule has 0 aliphatic carbocycles. The first-order valence-corrected chi connectivity index (χ1v) is 7.95. The Morgan fingerprint density at radius 2 is 2.05 bits per heavy atom. The number of likely N-dealkylation sites (N-methyl/N-ethyl adjacent to an activating group) is 1. The van der Waals surface area contributed by atoms with Crippen LogP contribution in [-0.2, 0) is 17.8 Å². The summed E-state index contributed by atoms with van der Waals surface area (Å²) in [6.07, 6.45) is 3.29. The number of hydrogen-bond donors (Lipinski definition) is 1. The lowest BCUT2D eigenvalue weighted by molar-refractivity contribution is -0.129. The smallest absolute Gasteiger partial charge is 0.219 e. The molecular weight excluding hydrogens is 262 g/mol. The molecule has 2 aliphatic rings. The number of anilines is 1. The molecule has 114 valence electrons. The standard InChI is InChI=1S/C17H25N3O/c1-13(21)20-9-6-16(7-10-20)18-12-14-3-4-17-15(11-14)5-8-19(17)2/h3-4,11,16,18H,5-10,12H2,1-2H3. The van der Waals surface area contributed by atoms with Gasteiger partial charge in [-0.05, 0) is 36.5 Å². The van der Waals surface area contributed by atoms with Crippen LogP contribution in [0, 0.1) is 0 Å². The maximum absolute atomic E-state index is 11.3. The van der Waals surface area contributed by atoms with Gasteiger partial charge >= 0.3 is 0 Å². The number of carbonyl (C=O) groups excluding carboxylic acids is 1. The lowest BCUT2D eigenvalue weighted by Gasteiger charge is -2.31. The van der Waals surface area contributed by atoms with E-state index < -0.39 is 0 Å². The summed E-state index contributed by atoms with van der Waals surface area (Å²) in [6, 6.07) is 7.36. The molecule has 0 unspecified atom stereocenters. The lowest BCUT2D eigenvalue weighted by atomic mass is 10.0. The minimum Gasteiger partial charge on any atom is -0.374 e. The summed E-state index contributed by atoms with van der Waals surface area (Å²) < 4.78 is 0. The zero-order valence-electron chi connectivity index (χ0n) is 13.1. The van der Waals surface area contributed by atoms with Crippen LogP contribution in [0.25, 0.3) is 0 Å². The van der Waals surface area contributed by atoms with Crippen LogP contribution in [-0.4, -0.2) is 43.5 Å². The second kappa shape index (κ2) is 6.06. The molecule has 2 aliphatic heterocycles. The van der Waals surface area contributed by atoms with Crippen molar-refractivity contribution in [2.75, 3.05) is 31.6 Å². The van der Waals surface area contributed by atoms with Crippen LogP contribution in [0.1, 0.15) is 30.9 Å². The van der Waals surface area contributed by atoms with Gasteiger partial charge in [0.1, 0.15) is 0 Å². The van der Waals surface area contributed by atoms with Crippen molar-refractivity contribution in [2.45, 2.75) is 38.8 Å². The van der Waals surface area contributed by atoms with Crippen LogP contribution < -0.4 is 10.2 Å². The molecule has 4 nitrogen and oxygen atoms in total. The normalized spacial score (nSPS) is 19.0. The average Bonchev–Trinajstić information content (AvgIpc) is 2.86. The highest BCUT2D eigenvalue weighted by Gasteiger charge is 2.20. The predicted octanol–water partition coefficient (Wildman–Crippen LogP) is 1.78.